The average molecular weight is 409 g/mol. The van der Waals surface area contributed by atoms with Crippen molar-refractivity contribution in [3.05, 3.63) is 28.8 Å². The summed E-state index contributed by atoms with van der Waals surface area (Å²) in [6, 6.07) is 3.81. The number of piperidine rings is 1. The molecule has 0 aromatic heterocycles. The number of sulfonamides is 1. The molecule has 0 bridgehead atoms. The minimum absolute atomic E-state index is 0.00498. The second-order valence-corrected chi connectivity index (χ2v) is 10.1. The number of carbonyl (C=O) groups excluding carboxylic acids is 1. The monoisotopic (exact) mass is 408 g/mol. The first-order chi connectivity index (χ1) is 13.2. The summed E-state index contributed by atoms with van der Waals surface area (Å²) in [6.07, 6.45) is 3.21. The number of carbonyl (C=O) groups is 1. The van der Waals surface area contributed by atoms with Gasteiger partial charge in [-0.2, -0.15) is 4.31 Å². The second-order valence-electron chi connectivity index (χ2n) is 8.25. The standard InChI is InChI=1S/C21H32N2O4S/c1-14-12-15(2)20(16(3)13-14)28(25,26)23-9-7-18(8-10-23)21(24)22-17(4)19-6-5-11-27-19/h12-13,17-19H,5-11H2,1-4H3,(H,22,24). The van der Waals surface area contributed by atoms with Crippen LogP contribution in [0.25, 0.3) is 0 Å². The van der Waals surface area contributed by atoms with Crippen LogP contribution in [0.5, 0.6) is 0 Å². The summed E-state index contributed by atoms with van der Waals surface area (Å²) in [6.45, 7) is 9.16. The molecule has 2 aliphatic heterocycles. The van der Waals surface area contributed by atoms with Crippen LogP contribution in [-0.2, 0) is 19.6 Å². The number of rotatable bonds is 5. The minimum atomic E-state index is -3.54. The number of nitrogens with one attached hydrogen (secondary N) is 1. The van der Waals surface area contributed by atoms with Crippen LogP contribution in [0.4, 0.5) is 0 Å². The van der Waals surface area contributed by atoms with Crippen LogP contribution < -0.4 is 5.32 Å². The molecule has 156 valence electrons. The molecule has 2 unspecified atom stereocenters. The highest BCUT2D eigenvalue weighted by Crippen LogP contribution is 2.29. The van der Waals surface area contributed by atoms with Crippen LogP contribution in [0.2, 0.25) is 0 Å². The van der Waals surface area contributed by atoms with E-state index in [4.69, 9.17) is 4.74 Å². The predicted octanol–water partition coefficient (Wildman–Crippen LogP) is 2.70. The van der Waals surface area contributed by atoms with E-state index in [9.17, 15) is 13.2 Å². The topological polar surface area (TPSA) is 75.7 Å². The number of nitrogens with zero attached hydrogens (tertiary/aromatic N) is 1. The van der Waals surface area contributed by atoms with Gasteiger partial charge >= 0.3 is 0 Å². The Hall–Kier alpha value is -1.44. The van der Waals surface area contributed by atoms with Crippen LogP contribution in [0.1, 0.15) is 49.3 Å². The molecule has 28 heavy (non-hydrogen) atoms. The molecule has 7 heteroatoms. The average Bonchev–Trinajstić information content (AvgIpc) is 3.15. The van der Waals surface area contributed by atoms with E-state index in [1.54, 1.807) is 0 Å². The van der Waals surface area contributed by atoms with E-state index in [2.05, 4.69) is 5.32 Å². The van der Waals surface area contributed by atoms with E-state index in [0.29, 0.717) is 30.8 Å². The molecule has 1 amide bonds. The molecule has 2 saturated heterocycles. The molecule has 2 atom stereocenters. The fourth-order valence-corrected chi connectivity index (χ4v) is 6.37. The Labute approximate surface area is 168 Å². The molecule has 3 rings (SSSR count). The lowest BCUT2D eigenvalue weighted by Gasteiger charge is -2.32. The Bertz CT molecular complexity index is 800. The second kappa shape index (κ2) is 8.51. The fraction of sp³-hybridized carbons (Fsp3) is 0.667. The Balaban J connectivity index is 1.62. The van der Waals surface area contributed by atoms with Crippen molar-refractivity contribution in [1.29, 1.82) is 0 Å². The van der Waals surface area contributed by atoms with Crippen LogP contribution >= 0.6 is 0 Å². The largest absolute Gasteiger partial charge is 0.376 e. The molecule has 1 aromatic carbocycles. The molecule has 1 N–H and O–H groups in total. The summed E-state index contributed by atoms with van der Waals surface area (Å²) >= 11 is 0. The van der Waals surface area contributed by atoms with Gasteiger partial charge in [-0.15, -0.1) is 0 Å². The zero-order valence-corrected chi connectivity index (χ0v) is 18.1. The smallest absolute Gasteiger partial charge is 0.243 e. The number of ether oxygens (including phenoxy) is 1. The highest BCUT2D eigenvalue weighted by molar-refractivity contribution is 7.89. The summed E-state index contributed by atoms with van der Waals surface area (Å²) in [5, 5.41) is 3.07. The summed E-state index contributed by atoms with van der Waals surface area (Å²) in [5.41, 5.74) is 2.62. The van der Waals surface area contributed by atoms with Gasteiger partial charge in [-0.05, 0) is 64.5 Å². The Morgan fingerprint density at radius 3 is 2.29 bits per heavy atom. The number of hydrogen-bond donors (Lipinski definition) is 1. The molecule has 1 aromatic rings. The zero-order valence-electron chi connectivity index (χ0n) is 17.3. The van der Waals surface area contributed by atoms with Gasteiger partial charge in [0.1, 0.15) is 0 Å². The molecular weight excluding hydrogens is 376 g/mol. The van der Waals surface area contributed by atoms with Gasteiger partial charge in [0.2, 0.25) is 15.9 Å². The van der Waals surface area contributed by atoms with Crippen molar-refractivity contribution in [1.82, 2.24) is 9.62 Å². The summed E-state index contributed by atoms with van der Waals surface area (Å²) < 4.78 is 33.5. The lowest BCUT2D eigenvalue weighted by atomic mass is 9.96. The molecule has 2 heterocycles. The summed E-state index contributed by atoms with van der Waals surface area (Å²) in [5.74, 6) is -0.127. The minimum Gasteiger partial charge on any atom is -0.376 e. The van der Waals surface area contributed by atoms with E-state index in [1.165, 1.54) is 4.31 Å². The van der Waals surface area contributed by atoms with E-state index < -0.39 is 10.0 Å². The number of hydrogen-bond acceptors (Lipinski definition) is 4. The van der Waals surface area contributed by atoms with Crippen molar-refractivity contribution >= 4 is 15.9 Å². The maximum atomic E-state index is 13.2. The Morgan fingerprint density at radius 2 is 1.75 bits per heavy atom. The summed E-state index contributed by atoms with van der Waals surface area (Å²) in [4.78, 5) is 13.0. The molecule has 0 saturated carbocycles. The molecule has 0 radical (unpaired) electrons. The lowest BCUT2D eigenvalue weighted by Crippen LogP contribution is -2.47. The number of benzene rings is 1. The van der Waals surface area contributed by atoms with Gasteiger partial charge in [-0.3, -0.25) is 4.79 Å². The zero-order chi connectivity index (χ0) is 20.5. The molecule has 0 spiro atoms. The van der Waals surface area contributed by atoms with Crippen molar-refractivity contribution in [3.63, 3.8) is 0 Å². The molecule has 2 fully saturated rings. The highest BCUT2D eigenvalue weighted by Gasteiger charge is 2.34. The van der Waals surface area contributed by atoms with Crippen LogP contribution in [0.3, 0.4) is 0 Å². The first kappa shape index (κ1) is 21.3. The van der Waals surface area contributed by atoms with Gasteiger partial charge < -0.3 is 10.1 Å². The van der Waals surface area contributed by atoms with E-state index in [-0.39, 0.29) is 24.0 Å². The lowest BCUT2D eigenvalue weighted by molar-refractivity contribution is -0.127. The maximum Gasteiger partial charge on any atom is 0.243 e. The van der Waals surface area contributed by atoms with Crippen molar-refractivity contribution in [3.8, 4) is 0 Å². The van der Waals surface area contributed by atoms with Crippen molar-refractivity contribution in [2.24, 2.45) is 5.92 Å². The molecule has 2 aliphatic rings. The predicted molar refractivity (Wildman–Crippen MR) is 109 cm³/mol. The Morgan fingerprint density at radius 1 is 1.14 bits per heavy atom. The van der Waals surface area contributed by atoms with Gasteiger partial charge in [0.05, 0.1) is 17.0 Å². The fourth-order valence-electron chi connectivity index (χ4n) is 4.49. The maximum absolute atomic E-state index is 13.2. The highest BCUT2D eigenvalue weighted by atomic mass is 32.2. The van der Waals surface area contributed by atoms with E-state index in [0.717, 1.165) is 36.1 Å². The number of amides is 1. The molecule has 6 nitrogen and oxygen atoms in total. The van der Waals surface area contributed by atoms with Crippen molar-refractivity contribution < 1.29 is 17.9 Å². The summed E-state index contributed by atoms with van der Waals surface area (Å²) in [7, 11) is -3.54. The quantitative estimate of drug-likeness (QED) is 0.813. The number of aryl methyl sites for hydroxylation is 3. The van der Waals surface area contributed by atoms with Crippen molar-refractivity contribution in [2.75, 3.05) is 19.7 Å². The van der Waals surface area contributed by atoms with E-state index >= 15 is 0 Å². The first-order valence-electron chi connectivity index (χ1n) is 10.2. The Kier molecular flexibility index (Phi) is 6.47. The van der Waals surface area contributed by atoms with Crippen LogP contribution in [0.15, 0.2) is 17.0 Å². The molecular formula is C21H32N2O4S. The third-order valence-electron chi connectivity index (χ3n) is 5.92. The van der Waals surface area contributed by atoms with Crippen molar-refractivity contribution in [2.45, 2.75) is 70.4 Å². The van der Waals surface area contributed by atoms with E-state index in [1.807, 2.05) is 39.8 Å². The van der Waals surface area contributed by atoms with Crippen LogP contribution in [0, 0.1) is 26.7 Å². The third kappa shape index (κ3) is 4.42. The van der Waals surface area contributed by atoms with Gasteiger partial charge in [0, 0.05) is 25.6 Å². The first-order valence-corrected chi connectivity index (χ1v) is 11.6. The van der Waals surface area contributed by atoms with Crippen LogP contribution in [-0.4, -0.2) is 50.5 Å². The van der Waals surface area contributed by atoms with Gasteiger partial charge in [0.25, 0.3) is 0 Å². The normalized spacial score (nSPS) is 22.9. The van der Waals surface area contributed by atoms with Gasteiger partial charge in [0.15, 0.2) is 0 Å². The van der Waals surface area contributed by atoms with Gasteiger partial charge in [-0.1, -0.05) is 17.7 Å². The molecule has 0 aliphatic carbocycles. The van der Waals surface area contributed by atoms with Gasteiger partial charge in [-0.25, -0.2) is 8.42 Å². The third-order valence-corrected chi connectivity index (χ3v) is 8.12. The SMILES string of the molecule is Cc1cc(C)c(S(=O)(=O)N2CCC(C(=O)NC(C)C3CCCO3)CC2)c(C)c1.